The number of nitrogens with zero attached hydrogens (tertiary/aromatic N) is 2. The molecule has 2 fully saturated rings. The zero-order valence-corrected chi connectivity index (χ0v) is 11.8. The summed E-state index contributed by atoms with van der Waals surface area (Å²) in [6, 6.07) is 0.321. The fraction of sp³-hybridized carbons (Fsp3) is 1.00. The highest BCUT2D eigenvalue weighted by atomic mass is 16.3. The van der Waals surface area contributed by atoms with Gasteiger partial charge >= 0.3 is 0 Å². The Morgan fingerprint density at radius 1 is 1.22 bits per heavy atom. The molecule has 0 aromatic heterocycles. The van der Waals surface area contributed by atoms with Crippen LogP contribution in [0.1, 0.15) is 26.2 Å². The van der Waals surface area contributed by atoms with E-state index in [0.29, 0.717) is 6.04 Å². The molecular weight excluding hydrogens is 226 g/mol. The van der Waals surface area contributed by atoms with Crippen molar-refractivity contribution in [2.24, 2.45) is 5.92 Å². The Kier molecular flexibility index (Phi) is 5.89. The van der Waals surface area contributed by atoms with Crippen LogP contribution >= 0.6 is 0 Å². The van der Waals surface area contributed by atoms with E-state index in [1.54, 1.807) is 0 Å². The van der Waals surface area contributed by atoms with Gasteiger partial charge in [0.05, 0.1) is 6.61 Å². The minimum atomic E-state index is 0.284. The minimum Gasteiger partial charge on any atom is -0.395 e. The highest BCUT2D eigenvalue weighted by Gasteiger charge is 2.21. The van der Waals surface area contributed by atoms with Gasteiger partial charge in [-0.2, -0.15) is 0 Å². The maximum Gasteiger partial charge on any atom is 0.0584 e. The van der Waals surface area contributed by atoms with Gasteiger partial charge in [-0.05, 0) is 58.3 Å². The summed E-state index contributed by atoms with van der Waals surface area (Å²) in [4.78, 5) is 5.06. The van der Waals surface area contributed by atoms with Crippen molar-refractivity contribution in [2.45, 2.75) is 32.2 Å². The molecule has 2 rings (SSSR count). The lowest BCUT2D eigenvalue weighted by atomic mass is 9.99. The van der Waals surface area contributed by atoms with Gasteiger partial charge in [-0.15, -0.1) is 0 Å². The molecule has 106 valence electrons. The van der Waals surface area contributed by atoms with Gasteiger partial charge in [0.2, 0.25) is 0 Å². The topological polar surface area (TPSA) is 38.7 Å². The van der Waals surface area contributed by atoms with Crippen LogP contribution in [0.15, 0.2) is 0 Å². The van der Waals surface area contributed by atoms with Crippen LogP contribution in [0.4, 0.5) is 0 Å². The molecule has 18 heavy (non-hydrogen) atoms. The number of nitrogens with one attached hydrogen (secondary N) is 1. The zero-order valence-electron chi connectivity index (χ0n) is 11.8. The van der Waals surface area contributed by atoms with Crippen molar-refractivity contribution in [1.82, 2.24) is 15.1 Å². The second kappa shape index (κ2) is 7.43. The van der Waals surface area contributed by atoms with E-state index >= 15 is 0 Å². The second-order valence-electron chi connectivity index (χ2n) is 5.93. The summed E-state index contributed by atoms with van der Waals surface area (Å²) in [5.74, 6) is 0.848. The van der Waals surface area contributed by atoms with Gasteiger partial charge in [0.25, 0.3) is 0 Å². The first-order chi connectivity index (χ1) is 8.79. The SMILES string of the molecule is CC(CO)N1CCCN(CC2CCCNC2)CC1. The van der Waals surface area contributed by atoms with E-state index in [0.717, 1.165) is 19.0 Å². The van der Waals surface area contributed by atoms with Gasteiger partial charge in [0.1, 0.15) is 0 Å². The van der Waals surface area contributed by atoms with Gasteiger partial charge in [-0.25, -0.2) is 0 Å². The standard InChI is InChI=1S/C14H29N3O/c1-13(12-18)17-7-3-6-16(8-9-17)11-14-4-2-5-15-10-14/h13-15,18H,2-12H2,1H3. The minimum absolute atomic E-state index is 0.284. The monoisotopic (exact) mass is 255 g/mol. The summed E-state index contributed by atoms with van der Waals surface area (Å²) >= 11 is 0. The van der Waals surface area contributed by atoms with Crippen LogP contribution in [0.5, 0.6) is 0 Å². The molecule has 0 bridgehead atoms. The smallest absolute Gasteiger partial charge is 0.0584 e. The van der Waals surface area contributed by atoms with Gasteiger partial charge < -0.3 is 15.3 Å². The molecule has 2 aliphatic rings. The fourth-order valence-electron chi connectivity index (χ4n) is 3.17. The molecule has 2 aliphatic heterocycles. The molecule has 0 radical (unpaired) electrons. The number of piperidine rings is 1. The zero-order chi connectivity index (χ0) is 12.8. The third kappa shape index (κ3) is 4.19. The third-order valence-corrected chi connectivity index (χ3v) is 4.43. The van der Waals surface area contributed by atoms with Crippen molar-refractivity contribution in [3.8, 4) is 0 Å². The molecule has 0 saturated carbocycles. The normalized spacial score (nSPS) is 30.0. The Labute approximate surface area is 111 Å². The molecule has 2 heterocycles. The largest absolute Gasteiger partial charge is 0.395 e. The van der Waals surface area contributed by atoms with Crippen molar-refractivity contribution >= 4 is 0 Å². The molecule has 0 amide bonds. The molecule has 0 aromatic rings. The molecule has 0 spiro atoms. The van der Waals surface area contributed by atoms with Crippen molar-refractivity contribution in [2.75, 3.05) is 52.4 Å². The third-order valence-electron chi connectivity index (χ3n) is 4.43. The van der Waals surface area contributed by atoms with Crippen LogP contribution in [-0.2, 0) is 0 Å². The molecule has 2 N–H and O–H groups in total. The highest BCUT2D eigenvalue weighted by Crippen LogP contribution is 2.14. The van der Waals surface area contributed by atoms with E-state index in [9.17, 15) is 5.11 Å². The molecule has 2 atom stereocenters. The quantitative estimate of drug-likeness (QED) is 0.761. The second-order valence-corrected chi connectivity index (χ2v) is 5.93. The number of rotatable bonds is 4. The first kappa shape index (κ1) is 14.3. The predicted octanol–water partition coefficient (Wildman–Crippen LogP) is 0.375. The van der Waals surface area contributed by atoms with E-state index in [4.69, 9.17) is 0 Å². The van der Waals surface area contributed by atoms with E-state index in [1.165, 1.54) is 52.0 Å². The predicted molar refractivity (Wildman–Crippen MR) is 74.8 cm³/mol. The van der Waals surface area contributed by atoms with E-state index in [1.807, 2.05) is 0 Å². The number of aliphatic hydroxyl groups is 1. The number of hydrogen-bond donors (Lipinski definition) is 2. The maximum absolute atomic E-state index is 9.24. The van der Waals surface area contributed by atoms with Gasteiger partial charge in [0.15, 0.2) is 0 Å². The number of aliphatic hydroxyl groups excluding tert-OH is 1. The summed E-state index contributed by atoms with van der Waals surface area (Å²) in [6.45, 7) is 10.7. The molecule has 0 aromatic carbocycles. The van der Waals surface area contributed by atoms with Crippen LogP contribution in [0, 0.1) is 5.92 Å². The summed E-state index contributed by atoms with van der Waals surface area (Å²) in [5, 5.41) is 12.7. The Morgan fingerprint density at radius 2 is 2.11 bits per heavy atom. The molecule has 2 saturated heterocycles. The Bertz CT molecular complexity index is 231. The lowest BCUT2D eigenvalue weighted by Gasteiger charge is -2.30. The van der Waals surface area contributed by atoms with E-state index in [-0.39, 0.29) is 6.61 Å². The molecular formula is C14H29N3O. The lowest BCUT2D eigenvalue weighted by molar-refractivity contribution is 0.135. The lowest BCUT2D eigenvalue weighted by Crippen LogP contribution is -2.41. The van der Waals surface area contributed by atoms with E-state index in [2.05, 4.69) is 22.0 Å². The fourth-order valence-corrected chi connectivity index (χ4v) is 3.17. The van der Waals surface area contributed by atoms with Crippen molar-refractivity contribution in [1.29, 1.82) is 0 Å². The van der Waals surface area contributed by atoms with E-state index < -0.39 is 0 Å². The van der Waals surface area contributed by atoms with Crippen molar-refractivity contribution in [3.05, 3.63) is 0 Å². The Morgan fingerprint density at radius 3 is 2.83 bits per heavy atom. The molecule has 2 unspecified atom stereocenters. The van der Waals surface area contributed by atoms with Gasteiger partial charge in [-0.1, -0.05) is 0 Å². The van der Waals surface area contributed by atoms with Crippen molar-refractivity contribution in [3.63, 3.8) is 0 Å². The van der Waals surface area contributed by atoms with Crippen molar-refractivity contribution < 1.29 is 5.11 Å². The van der Waals surface area contributed by atoms with Gasteiger partial charge in [0, 0.05) is 25.7 Å². The van der Waals surface area contributed by atoms with Crippen LogP contribution in [0.2, 0.25) is 0 Å². The summed E-state index contributed by atoms with van der Waals surface area (Å²) in [7, 11) is 0. The van der Waals surface area contributed by atoms with Crippen LogP contribution < -0.4 is 5.32 Å². The molecule has 4 heteroatoms. The van der Waals surface area contributed by atoms with Gasteiger partial charge in [-0.3, -0.25) is 4.90 Å². The first-order valence-electron chi connectivity index (χ1n) is 7.57. The Hall–Kier alpha value is -0.160. The van der Waals surface area contributed by atoms with Crippen LogP contribution in [0.25, 0.3) is 0 Å². The van der Waals surface area contributed by atoms with Crippen LogP contribution in [-0.4, -0.2) is 73.4 Å². The maximum atomic E-state index is 9.24. The summed E-state index contributed by atoms with van der Waals surface area (Å²) in [5.41, 5.74) is 0. The first-order valence-corrected chi connectivity index (χ1v) is 7.57. The summed E-state index contributed by atoms with van der Waals surface area (Å²) in [6.07, 6.45) is 3.97. The van der Waals surface area contributed by atoms with Crippen LogP contribution in [0.3, 0.4) is 0 Å². The Balaban J connectivity index is 1.74. The average Bonchev–Trinajstić information content (AvgIpc) is 2.65. The molecule has 0 aliphatic carbocycles. The number of hydrogen-bond acceptors (Lipinski definition) is 4. The highest BCUT2D eigenvalue weighted by molar-refractivity contribution is 4.77. The average molecular weight is 255 g/mol. The molecule has 4 nitrogen and oxygen atoms in total. The summed E-state index contributed by atoms with van der Waals surface area (Å²) < 4.78 is 0.